The first-order valence-corrected chi connectivity index (χ1v) is 12.9. The van der Waals surface area contributed by atoms with Crippen molar-refractivity contribution in [3.8, 4) is 11.3 Å². The van der Waals surface area contributed by atoms with Gasteiger partial charge in [-0.05, 0) is 57.3 Å². The monoisotopic (exact) mass is 438 g/mol. The number of benzene rings is 1. The molecule has 1 aromatic carbocycles. The Bertz CT molecular complexity index is 1040. The summed E-state index contributed by atoms with van der Waals surface area (Å²) in [4.78, 5) is 19.6. The smallest absolute Gasteiger partial charge is 0.258 e. The van der Waals surface area contributed by atoms with Crippen molar-refractivity contribution in [2.45, 2.75) is 94.4 Å². The molecule has 1 unspecified atom stereocenters. The molecule has 5 heteroatoms. The van der Waals surface area contributed by atoms with Crippen molar-refractivity contribution in [1.82, 2.24) is 9.55 Å². The Hall–Kier alpha value is -1.59. The van der Waals surface area contributed by atoms with Crippen molar-refractivity contribution in [3.05, 3.63) is 45.7 Å². The van der Waals surface area contributed by atoms with Crippen LogP contribution in [0.5, 0.6) is 0 Å². The molecule has 5 rings (SSSR count). The number of fused-ring (bicyclic) bond motifs is 4. The van der Waals surface area contributed by atoms with E-state index in [1.54, 1.807) is 11.8 Å². The summed E-state index contributed by atoms with van der Waals surface area (Å²) in [5.74, 6) is 0.907. The summed E-state index contributed by atoms with van der Waals surface area (Å²) in [6.07, 6.45) is 8.60. The number of aromatic nitrogens is 2. The first kappa shape index (κ1) is 21.3. The zero-order valence-electron chi connectivity index (χ0n) is 19.1. The zero-order chi connectivity index (χ0) is 21.6. The quantitative estimate of drug-likeness (QED) is 0.441. The van der Waals surface area contributed by atoms with Crippen LogP contribution in [0.3, 0.4) is 0 Å². The van der Waals surface area contributed by atoms with Crippen molar-refractivity contribution in [2.75, 3.05) is 12.4 Å². The number of nitrogens with zero attached hydrogens (tertiary/aromatic N) is 2. The molecule has 3 aliphatic rings. The standard InChI is InChI=1S/C26H34N2O2S/c1-4-31-24-27-22-20-11-7-6-10-18(20)16-26(13-8-5-9-14-26)21(22)23(29)28(24)19-12-15-30-25(2,3)17-19/h6-7,10-11,19H,4-5,8-9,12-17H2,1-3H3. The molecule has 1 aliphatic heterocycles. The van der Waals surface area contributed by atoms with E-state index in [4.69, 9.17) is 9.72 Å². The fraction of sp³-hybridized carbons (Fsp3) is 0.615. The van der Waals surface area contributed by atoms with Crippen LogP contribution in [0.15, 0.2) is 34.2 Å². The highest BCUT2D eigenvalue weighted by Gasteiger charge is 2.44. The van der Waals surface area contributed by atoms with Crippen molar-refractivity contribution < 1.29 is 4.74 Å². The van der Waals surface area contributed by atoms with Gasteiger partial charge in [-0.25, -0.2) is 4.98 Å². The highest BCUT2D eigenvalue weighted by Crippen LogP contribution is 2.49. The van der Waals surface area contributed by atoms with Gasteiger partial charge in [0.2, 0.25) is 0 Å². The van der Waals surface area contributed by atoms with Crippen LogP contribution in [0.2, 0.25) is 0 Å². The molecule has 2 aliphatic carbocycles. The van der Waals surface area contributed by atoms with Gasteiger partial charge in [0.15, 0.2) is 5.16 Å². The van der Waals surface area contributed by atoms with E-state index in [2.05, 4.69) is 49.6 Å². The molecular weight excluding hydrogens is 404 g/mol. The fourth-order valence-corrected chi connectivity index (χ4v) is 6.96. The molecule has 2 aromatic rings. The van der Waals surface area contributed by atoms with Crippen molar-refractivity contribution >= 4 is 11.8 Å². The summed E-state index contributed by atoms with van der Waals surface area (Å²) in [5, 5.41) is 0.886. The molecule has 1 atom stereocenters. The Labute approximate surface area is 189 Å². The Balaban J connectivity index is 1.75. The predicted octanol–water partition coefficient (Wildman–Crippen LogP) is 5.91. The summed E-state index contributed by atoms with van der Waals surface area (Å²) < 4.78 is 8.05. The third kappa shape index (κ3) is 3.68. The number of rotatable bonds is 3. The summed E-state index contributed by atoms with van der Waals surface area (Å²) >= 11 is 1.70. The molecule has 0 amide bonds. The number of thioether (sulfide) groups is 1. The molecule has 0 N–H and O–H groups in total. The highest BCUT2D eigenvalue weighted by atomic mass is 32.2. The molecule has 0 radical (unpaired) electrons. The SMILES string of the molecule is CCSc1nc2c(c(=O)n1C1CCOC(C)(C)C1)C1(CCCCC1)Cc1ccccc1-2. The Morgan fingerprint density at radius 1 is 1.19 bits per heavy atom. The second kappa shape index (κ2) is 8.08. The minimum atomic E-state index is -0.207. The van der Waals surface area contributed by atoms with Crippen LogP contribution < -0.4 is 5.56 Å². The fourth-order valence-electron chi connectivity index (χ4n) is 6.17. The van der Waals surface area contributed by atoms with Gasteiger partial charge in [0.05, 0.1) is 16.9 Å². The van der Waals surface area contributed by atoms with Crippen molar-refractivity contribution in [3.63, 3.8) is 0 Å². The molecule has 2 heterocycles. The maximum Gasteiger partial charge on any atom is 0.258 e. The molecule has 1 aromatic heterocycles. The van der Waals surface area contributed by atoms with E-state index >= 15 is 0 Å². The summed E-state index contributed by atoms with van der Waals surface area (Å²) in [5.41, 5.74) is 4.47. The van der Waals surface area contributed by atoms with Crippen LogP contribution in [-0.2, 0) is 16.6 Å². The van der Waals surface area contributed by atoms with E-state index in [0.29, 0.717) is 6.61 Å². The van der Waals surface area contributed by atoms with E-state index in [1.807, 2.05) is 0 Å². The number of hydrogen-bond acceptors (Lipinski definition) is 4. The molecule has 166 valence electrons. The van der Waals surface area contributed by atoms with Gasteiger partial charge in [0, 0.05) is 23.6 Å². The summed E-state index contributed by atoms with van der Waals surface area (Å²) in [7, 11) is 0. The van der Waals surface area contributed by atoms with Crippen molar-refractivity contribution in [2.24, 2.45) is 0 Å². The van der Waals surface area contributed by atoms with Gasteiger partial charge in [-0.1, -0.05) is 62.2 Å². The van der Waals surface area contributed by atoms with E-state index in [-0.39, 0.29) is 22.6 Å². The van der Waals surface area contributed by atoms with Crippen LogP contribution in [0.1, 0.15) is 82.9 Å². The van der Waals surface area contributed by atoms with Crippen LogP contribution in [0.25, 0.3) is 11.3 Å². The van der Waals surface area contributed by atoms with Crippen LogP contribution in [0.4, 0.5) is 0 Å². The summed E-state index contributed by atoms with van der Waals surface area (Å²) in [6, 6.07) is 8.78. The van der Waals surface area contributed by atoms with Crippen LogP contribution in [-0.4, -0.2) is 27.5 Å². The summed E-state index contributed by atoms with van der Waals surface area (Å²) in [6.45, 7) is 7.12. The lowest BCUT2D eigenvalue weighted by Gasteiger charge is -2.43. The average Bonchev–Trinajstić information content (AvgIpc) is 2.74. The average molecular weight is 439 g/mol. The topological polar surface area (TPSA) is 44.1 Å². The number of hydrogen-bond donors (Lipinski definition) is 0. The van der Waals surface area contributed by atoms with Crippen LogP contribution >= 0.6 is 11.8 Å². The first-order valence-electron chi connectivity index (χ1n) is 12.0. The van der Waals surface area contributed by atoms with E-state index in [0.717, 1.165) is 54.3 Å². The van der Waals surface area contributed by atoms with E-state index in [9.17, 15) is 4.79 Å². The Morgan fingerprint density at radius 3 is 2.71 bits per heavy atom. The van der Waals surface area contributed by atoms with E-state index in [1.165, 1.54) is 30.4 Å². The number of ether oxygens (including phenoxy) is 1. The lowest BCUT2D eigenvalue weighted by molar-refractivity contribution is -0.0710. The van der Waals surface area contributed by atoms with Gasteiger partial charge in [0.1, 0.15) is 0 Å². The Morgan fingerprint density at radius 2 is 1.97 bits per heavy atom. The van der Waals surface area contributed by atoms with Gasteiger partial charge in [-0.2, -0.15) is 0 Å². The third-order valence-corrected chi connectivity index (χ3v) is 8.37. The first-order chi connectivity index (χ1) is 14.9. The van der Waals surface area contributed by atoms with Crippen molar-refractivity contribution in [1.29, 1.82) is 0 Å². The largest absolute Gasteiger partial charge is 0.375 e. The lowest BCUT2D eigenvalue weighted by atomic mass is 9.62. The molecule has 4 nitrogen and oxygen atoms in total. The second-order valence-corrected chi connectivity index (χ2v) is 11.4. The molecular formula is C26H34N2O2S. The van der Waals surface area contributed by atoms with Crippen LogP contribution in [0, 0.1) is 0 Å². The Kier molecular flexibility index (Phi) is 5.54. The minimum absolute atomic E-state index is 0.0517. The van der Waals surface area contributed by atoms with Gasteiger partial charge in [0.25, 0.3) is 5.56 Å². The molecule has 1 saturated heterocycles. The molecule has 31 heavy (non-hydrogen) atoms. The minimum Gasteiger partial charge on any atom is -0.375 e. The van der Waals surface area contributed by atoms with Gasteiger partial charge < -0.3 is 4.74 Å². The molecule has 1 spiro atoms. The lowest BCUT2D eigenvalue weighted by Crippen LogP contribution is -2.45. The normalized spacial score (nSPS) is 23.9. The molecule has 0 bridgehead atoms. The maximum absolute atomic E-state index is 14.4. The molecule has 2 fully saturated rings. The van der Waals surface area contributed by atoms with E-state index < -0.39 is 0 Å². The maximum atomic E-state index is 14.4. The van der Waals surface area contributed by atoms with Gasteiger partial charge in [-0.3, -0.25) is 9.36 Å². The molecule has 1 saturated carbocycles. The van der Waals surface area contributed by atoms with Gasteiger partial charge in [-0.15, -0.1) is 0 Å². The zero-order valence-corrected chi connectivity index (χ0v) is 19.9. The highest BCUT2D eigenvalue weighted by molar-refractivity contribution is 7.99. The van der Waals surface area contributed by atoms with Gasteiger partial charge >= 0.3 is 0 Å². The third-order valence-electron chi connectivity index (χ3n) is 7.53. The second-order valence-electron chi connectivity index (χ2n) is 10.2. The predicted molar refractivity (Wildman–Crippen MR) is 127 cm³/mol.